The Hall–Kier alpha value is -0.770. The second-order valence-corrected chi connectivity index (χ2v) is 6.81. The third kappa shape index (κ3) is 3.53. The molecule has 1 amide bonds. The maximum Gasteiger partial charge on any atom is 0.242 e. The number of halogens is 2. The van der Waals surface area contributed by atoms with Gasteiger partial charge < -0.3 is 10.6 Å². The number of amides is 1. The smallest absolute Gasteiger partial charge is 0.242 e. The van der Waals surface area contributed by atoms with Crippen LogP contribution in [0.1, 0.15) is 51.1 Å². The zero-order valence-electron chi connectivity index (χ0n) is 12.5. The van der Waals surface area contributed by atoms with E-state index in [0.29, 0.717) is 16.5 Å². The minimum absolute atomic E-state index is 0.0259. The average Bonchev–Trinajstić information content (AvgIpc) is 2.90. The highest BCUT2D eigenvalue weighted by Crippen LogP contribution is 2.36. The molecule has 3 nitrogen and oxygen atoms in total. The number of carbonyl (C=O) groups excluding carboxylic acids is 1. The molecule has 2 N–H and O–H groups in total. The van der Waals surface area contributed by atoms with Crippen LogP contribution >= 0.6 is 23.2 Å². The summed E-state index contributed by atoms with van der Waals surface area (Å²) >= 11 is 12.1. The van der Waals surface area contributed by atoms with E-state index in [1.165, 1.54) is 0 Å². The van der Waals surface area contributed by atoms with Gasteiger partial charge in [-0.1, -0.05) is 42.6 Å². The fraction of sp³-hybridized carbons (Fsp3) is 0.562. The monoisotopic (exact) mass is 328 g/mol. The number of hydrogen-bond donors (Lipinski definition) is 1. The lowest BCUT2D eigenvalue weighted by Crippen LogP contribution is -2.52. The first-order valence-electron chi connectivity index (χ1n) is 7.41. The molecule has 1 fully saturated rings. The average molecular weight is 329 g/mol. The van der Waals surface area contributed by atoms with E-state index in [1.54, 1.807) is 6.07 Å². The van der Waals surface area contributed by atoms with Crippen molar-refractivity contribution in [3.05, 3.63) is 33.8 Å². The van der Waals surface area contributed by atoms with E-state index < -0.39 is 5.54 Å². The predicted molar refractivity (Wildman–Crippen MR) is 87.7 cm³/mol. The third-order valence-corrected chi connectivity index (χ3v) is 4.84. The summed E-state index contributed by atoms with van der Waals surface area (Å²) in [7, 11) is 0. The Kier molecular flexibility index (Phi) is 5.18. The Labute approximate surface area is 136 Å². The van der Waals surface area contributed by atoms with Gasteiger partial charge in [-0.2, -0.15) is 0 Å². The molecule has 0 aromatic heterocycles. The molecule has 2 unspecified atom stereocenters. The normalized spacial score (nSPS) is 21.4. The van der Waals surface area contributed by atoms with Gasteiger partial charge in [0.15, 0.2) is 0 Å². The summed E-state index contributed by atoms with van der Waals surface area (Å²) in [6.45, 7) is 4.61. The number of hydrogen-bond acceptors (Lipinski definition) is 2. The van der Waals surface area contributed by atoms with Crippen LogP contribution in [0.2, 0.25) is 10.0 Å². The molecule has 0 radical (unpaired) electrons. The highest BCUT2D eigenvalue weighted by Gasteiger charge is 2.38. The van der Waals surface area contributed by atoms with E-state index >= 15 is 0 Å². The van der Waals surface area contributed by atoms with Crippen molar-refractivity contribution < 1.29 is 4.79 Å². The molecule has 0 saturated carbocycles. The van der Waals surface area contributed by atoms with Gasteiger partial charge in [0.05, 0.1) is 21.6 Å². The minimum atomic E-state index is -0.798. The predicted octanol–water partition coefficient (Wildman–Crippen LogP) is 4.17. The van der Waals surface area contributed by atoms with Gasteiger partial charge in [0.25, 0.3) is 0 Å². The molecule has 1 aromatic carbocycles. The molecule has 1 aliphatic rings. The maximum atomic E-state index is 12.7. The zero-order chi connectivity index (χ0) is 15.6. The largest absolute Gasteiger partial charge is 0.334 e. The van der Waals surface area contributed by atoms with Crippen molar-refractivity contribution in [3.63, 3.8) is 0 Å². The molecule has 0 aliphatic carbocycles. The van der Waals surface area contributed by atoms with Gasteiger partial charge in [0.2, 0.25) is 5.91 Å². The Bertz CT molecular complexity index is 531. The van der Waals surface area contributed by atoms with Gasteiger partial charge in [-0.25, -0.2) is 0 Å². The molecular weight excluding hydrogens is 307 g/mol. The van der Waals surface area contributed by atoms with E-state index in [-0.39, 0.29) is 11.9 Å². The molecule has 0 bridgehead atoms. The third-order valence-electron chi connectivity index (χ3n) is 4.10. The zero-order valence-corrected chi connectivity index (χ0v) is 14.0. The molecule has 1 heterocycles. The summed E-state index contributed by atoms with van der Waals surface area (Å²) in [5.74, 6) is 0.0259. The van der Waals surface area contributed by atoms with E-state index in [9.17, 15) is 4.79 Å². The minimum Gasteiger partial charge on any atom is -0.334 e. The van der Waals surface area contributed by atoms with Crippen molar-refractivity contribution >= 4 is 29.1 Å². The number of benzene rings is 1. The van der Waals surface area contributed by atoms with Crippen molar-refractivity contribution in [1.82, 2.24) is 4.90 Å². The fourth-order valence-corrected chi connectivity index (χ4v) is 3.34. The van der Waals surface area contributed by atoms with Crippen LogP contribution in [0.25, 0.3) is 0 Å². The first-order valence-corrected chi connectivity index (χ1v) is 8.17. The maximum absolute atomic E-state index is 12.7. The summed E-state index contributed by atoms with van der Waals surface area (Å²) in [6, 6.07) is 5.63. The Morgan fingerprint density at radius 2 is 2.14 bits per heavy atom. The van der Waals surface area contributed by atoms with Crippen molar-refractivity contribution in [3.8, 4) is 0 Å². The second-order valence-electron chi connectivity index (χ2n) is 6.00. The lowest BCUT2D eigenvalue weighted by Gasteiger charge is -2.33. The Morgan fingerprint density at radius 1 is 1.43 bits per heavy atom. The summed E-state index contributed by atoms with van der Waals surface area (Å²) in [5.41, 5.74) is 6.44. The van der Waals surface area contributed by atoms with E-state index in [0.717, 1.165) is 31.4 Å². The van der Waals surface area contributed by atoms with E-state index in [4.69, 9.17) is 28.9 Å². The molecule has 1 saturated heterocycles. The number of rotatable bonds is 4. The van der Waals surface area contributed by atoms with Crippen LogP contribution in [-0.2, 0) is 4.79 Å². The molecule has 21 heavy (non-hydrogen) atoms. The quantitative estimate of drug-likeness (QED) is 0.901. The second kappa shape index (κ2) is 6.55. The van der Waals surface area contributed by atoms with Crippen LogP contribution in [0.15, 0.2) is 18.2 Å². The molecule has 116 valence electrons. The van der Waals surface area contributed by atoms with Gasteiger partial charge in [-0.15, -0.1) is 0 Å². The lowest BCUT2D eigenvalue weighted by molar-refractivity contribution is -0.137. The topological polar surface area (TPSA) is 46.3 Å². The van der Waals surface area contributed by atoms with Crippen molar-refractivity contribution in [2.75, 3.05) is 6.54 Å². The summed E-state index contributed by atoms with van der Waals surface area (Å²) in [6.07, 6.45) is 3.51. The van der Waals surface area contributed by atoms with Crippen LogP contribution in [0.5, 0.6) is 0 Å². The summed E-state index contributed by atoms with van der Waals surface area (Å²) in [5, 5.41) is 1.06. The molecule has 1 aromatic rings. The number of carbonyl (C=O) groups is 1. The summed E-state index contributed by atoms with van der Waals surface area (Å²) < 4.78 is 0. The molecule has 2 rings (SSSR count). The molecule has 0 spiro atoms. The highest BCUT2D eigenvalue weighted by molar-refractivity contribution is 6.42. The van der Waals surface area contributed by atoms with Gasteiger partial charge in [0.1, 0.15) is 0 Å². The number of nitrogens with zero attached hydrogens (tertiary/aromatic N) is 1. The molecule has 1 aliphatic heterocycles. The van der Waals surface area contributed by atoms with Crippen LogP contribution in [0, 0.1) is 0 Å². The fourth-order valence-electron chi connectivity index (χ4n) is 3.03. The van der Waals surface area contributed by atoms with Crippen molar-refractivity contribution in [2.24, 2.45) is 5.73 Å². The van der Waals surface area contributed by atoms with Gasteiger partial charge in [-0.05, 0) is 43.9 Å². The Balaban J connectivity index is 2.24. The number of nitrogens with two attached hydrogens (primary N) is 1. The van der Waals surface area contributed by atoms with Crippen molar-refractivity contribution in [2.45, 2.75) is 51.1 Å². The lowest BCUT2D eigenvalue weighted by atomic mass is 9.94. The van der Waals surface area contributed by atoms with Crippen LogP contribution in [0.3, 0.4) is 0 Å². The van der Waals surface area contributed by atoms with Crippen LogP contribution in [-0.4, -0.2) is 22.9 Å². The molecule has 2 atom stereocenters. The van der Waals surface area contributed by atoms with Gasteiger partial charge in [-0.3, -0.25) is 4.79 Å². The van der Waals surface area contributed by atoms with Gasteiger partial charge in [0, 0.05) is 6.54 Å². The standard InChI is InChI=1S/C16H22Cl2N2O/c1-3-8-16(2,19)15(21)20-9-4-5-14(20)11-6-7-12(17)13(18)10-11/h6-7,10,14H,3-5,8-9,19H2,1-2H3. The first kappa shape index (κ1) is 16.6. The molecular formula is C16H22Cl2N2O. The van der Waals surface area contributed by atoms with E-state index in [1.807, 2.05) is 30.9 Å². The highest BCUT2D eigenvalue weighted by atomic mass is 35.5. The van der Waals surface area contributed by atoms with Crippen LogP contribution in [0.4, 0.5) is 0 Å². The first-order chi connectivity index (χ1) is 9.86. The number of likely N-dealkylation sites (tertiary alicyclic amines) is 1. The van der Waals surface area contributed by atoms with E-state index in [2.05, 4.69) is 0 Å². The summed E-state index contributed by atoms with van der Waals surface area (Å²) in [4.78, 5) is 14.6. The Morgan fingerprint density at radius 3 is 2.76 bits per heavy atom. The van der Waals surface area contributed by atoms with Crippen molar-refractivity contribution in [1.29, 1.82) is 0 Å². The molecule has 5 heteroatoms. The SMILES string of the molecule is CCCC(C)(N)C(=O)N1CCCC1c1ccc(Cl)c(Cl)c1. The van der Waals surface area contributed by atoms with Crippen LogP contribution < -0.4 is 5.73 Å². The van der Waals surface area contributed by atoms with Gasteiger partial charge >= 0.3 is 0 Å².